The van der Waals surface area contributed by atoms with Gasteiger partial charge in [0.25, 0.3) is 0 Å². The fourth-order valence-corrected chi connectivity index (χ4v) is 2.53. The van der Waals surface area contributed by atoms with Crippen molar-refractivity contribution in [2.45, 2.75) is 32.2 Å². The maximum Gasteiger partial charge on any atom is 0.191 e. The molecule has 7 heteroatoms. The predicted octanol–water partition coefficient (Wildman–Crippen LogP) is 2.17. The zero-order valence-electron chi connectivity index (χ0n) is 12.7. The summed E-state index contributed by atoms with van der Waals surface area (Å²) in [6, 6.07) is 6.90. The highest BCUT2D eigenvalue weighted by Crippen LogP contribution is 2.12. The molecule has 0 bridgehead atoms. The molecule has 0 fully saturated rings. The minimum Gasteiger partial charge on any atom is -0.357 e. The van der Waals surface area contributed by atoms with Crippen molar-refractivity contribution in [3.05, 3.63) is 29.8 Å². The third-order valence-electron chi connectivity index (χ3n) is 2.77. The van der Waals surface area contributed by atoms with Crippen LogP contribution in [0.1, 0.15) is 26.3 Å². The largest absolute Gasteiger partial charge is 0.357 e. The van der Waals surface area contributed by atoms with Crippen LogP contribution in [0.4, 0.5) is 0 Å². The Balaban J connectivity index is 0.00000400. The second-order valence-electron chi connectivity index (χ2n) is 4.27. The lowest BCUT2D eigenvalue weighted by atomic mass is 10.2. The minimum atomic E-state index is -3.12. The Morgan fingerprint density at radius 3 is 2.00 bits per heavy atom. The van der Waals surface area contributed by atoms with Crippen LogP contribution < -0.4 is 10.6 Å². The first kappa shape index (κ1) is 20.2. The molecule has 120 valence electrons. The highest BCUT2D eigenvalue weighted by atomic mass is 127. The minimum absolute atomic E-state index is 0. The summed E-state index contributed by atoms with van der Waals surface area (Å²) in [5.74, 6) is 0.885. The van der Waals surface area contributed by atoms with Crippen LogP contribution in [0.2, 0.25) is 0 Å². The molecule has 0 radical (unpaired) electrons. The van der Waals surface area contributed by atoms with Gasteiger partial charge in [-0.3, -0.25) is 0 Å². The van der Waals surface area contributed by atoms with Gasteiger partial charge in [0, 0.05) is 13.1 Å². The van der Waals surface area contributed by atoms with E-state index in [9.17, 15) is 8.42 Å². The Bertz CT molecular complexity index is 534. The van der Waals surface area contributed by atoms with Crippen LogP contribution in [0.5, 0.6) is 0 Å². The van der Waals surface area contributed by atoms with E-state index in [1.54, 1.807) is 19.1 Å². The summed E-state index contributed by atoms with van der Waals surface area (Å²) in [6.07, 6.45) is 0. The molecule has 0 atom stereocenters. The van der Waals surface area contributed by atoms with Gasteiger partial charge < -0.3 is 10.6 Å². The Hall–Kier alpha value is -0.830. The van der Waals surface area contributed by atoms with Crippen molar-refractivity contribution >= 4 is 39.8 Å². The Morgan fingerprint density at radius 1 is 1.05 bits per heavy atom. The van der Waals surface area contributed by atoms with E-state index in [-0.39, 0.29) is 29.7 Å². The first-order valence-electron chi connectivity index (χ1n) is 6.87. The van der Waals surface area contributed by atoms with Gasteiger partial charge >= 0.3 is 0 Å². The molecule has 1 aromatic carbocycles. The molecule has 0 aliphatic carbocycles. The Morgan fingerprint density at radius 2 is 1.57 bits per heavy atom. The molecule has 21 heavy (non-hydrogen) atoms. The van der Waals surface area contributed by atoms with Crippen molar-refractivity contribution in [1.29, 1.82) is 0 Å². The van der Waals surface area contributed by atoms with Gasteiger partial charge in [0.15, 0.2) is 15.8 Å². The standard InChI is InChI=1S/C14H23N3O2S.HI/c1-4-15-14(16-5-2)17-11-12-7-9-13(10-8-12)20(18,19)6-3;/h7-10H,4-6,11H2,1-3H3,(H2,15,16,17);1H. The molecular formula is C14H24IN3O2S. The summed E-state index contributed by atoms with van der Waals surface area (Å²) >= 11 is 0. The second-order valence-corrected chi connectivity index (χ2v) is 6.55. The molecule has 0 saturated heterocycles. The summed E-state index contributed by atoms with van der Waals surface area (Å²) in [4.78, 5) is 4.80. The van der Waals surface area contributed by atoms with Gasteiger partial charge in [-0.15, -0.1) is 24.0 Å². The van der Waals surface area contributed by atoms with E-state index in [0.29, 0.717) is 11.4 Å². The Kier molecular flexibility index (Phi) is 9.60. The van der Waals surface area contributed by atoms with Crippen LogP contribution in [-0.2, 0) is 16.4 Å². The number of sulfone groups is 1. The van der Waals surface area contributed by atoms with E-state index >= 15 is 0 Å². The molecule has 0 aliphatic heterocycles. The van der Waals surface area contributed by atoms with E-state index in [1.807, 2.05) is 26.0 Å². The van der Waals surface area contributed by atoms with Gasteiger partial charge in [0.1, 0.15) is 0 Å². The van der Waals surface area contributed by atoms with E-state index in [2.05, 4.69) is 15.6 Å². The van der Waals surface area contributed by atoms with Gasteiger partial charge in [-0.25, -0.2) is 13.4 Å². The van der Waals surface area contributed by atoms with Crippen LogP contribution in [0.15, 0.2) is 34.2 Å². The average molecular weight is 425 g/mol. The molecule has 2 N–H and O–H groups in total. The number of nitrogens with one attached hydrogen (secondary N) is 2. The van der Waals surface area contributed by atoms with Crippen LogP contribution in [-0.4, -0.2) is 33.2 Å². The van der Waals surface area contributed by atoms with E-state index in [4.69, 9.17) is 0 Å². The van der Waals surface area contributed by atoms with Crippen molar-refractivity contribution in [2.24, 2.45) is 4.99 Å². The lowest BCUT2D eigenvalue weighted by molar-refractivity contribution is 0.597. The zero-order chi connectivity index (χ0) is 15.0. The van der Waals surface area contributed by atoms with Crippen molar-refractivity contribution in [3.8, 4) is 0 Å². The monoisotopic (exact) mass is 425 g/mol. The third-order valence-corrected chi connectivity index (χ3v) is 4.52. The second kappa shape index (κ2) is 9.99. The van der Waals surface area contributed by atoms with Gasteiger partial charge in [0.05, 0.1) is 17.2 Å². The fourth-order valence-electron chi connectivity index (χ4n) is 1.65. The average Bonchev–Trinajstić information content (AvgIpc) is 2.46. The number of nitrogens with zero attached hydrogens (tertiary/aromatic N) is 1. The predicted molar refractivity (Wildman–Crippen MR) is 98.1 cm³/mol. The van der Waals surface area contributed by atoms with E-state index in [1.165, 1.54) is 0 Å². The number of hydrogen-bond acceptors (Lipinski definition) is 3. The number of rotatable bonds is 6. The molecule has 0 aromatic heterocycles. The maximum atomic E-state index is 11.7. The molecule has 0 spiro atoms. The highest BCUT2D eigenvalue weighted by Gasteiger charge is 2.10. The van der Waals surface area contributed by atoms with Crippen LogP contribution in [0, 0.1) is 0 Å². The van der Waals surface area contributed by atoms with Gasteiger partial charge in [0.2, 0.25) is 0 Å². The fraction of sp³-hybridized carbons (Fsp3) is 0.500. The van der Waals surface area contributed by atoms with Crippen LogP contribution in [0.25, 0.3) is 0 Å². The molecule has 0 unspecified atom stereocenters. The summed E-state index contributed by atoms with van der Waals surface area (Å²) in [5.41, 5.74) is 0.980. The number of hydrogen-bond donors (Lipinski definition) is 2. The molecule has 0 saturated carbocycles. The summed E-state index contributed by atoms with van der Waals surface area (Å²) in [7, 11) is -3.12. The summed E-state index contributed by atoms with van der Waals surface area (Å²) in [5, 5.41) is 6.28. The maximum absolute atomic E-state index is 11.7. The molecular weight excluding hydrogens is 401 g/mol. The number of aliphatic imine (C=N–C) groups is 1. The number of benzene rings is 1. The smallest absolute Gasteiger partial charge is 0.191 e. The first-order valence-corrected chi connectivity index (χ1v) is 8.52. The number of guanidine groups is 1. The lowest BCUT2D eigenvalue weighted by Gasteiger charge is -2.09. The summed E-state index contributed by atoms with van der Waals surface area (Å²) in [6.45, 7) is 7.79. The van der Waals surface area contributed by atoms with Gasteiger partial charge in [-0.1, -0.05) is 19.1 Å². The van der Waals surface area contributed by atoms with Gasteiger partial charge in [-0.2, -0.15) is 0 Å². The Labute approximate surface area is 144 Å². The molecule has 0 heterocycles. The molecule has 0 aliphatic rings. The zero-order valence-corrected chi connectivity index (χ0v) is 15.9. The highest BCUT2D eigenvalue weighted by molar-refractivity contribution is 14.0. The van der Waals surface area contributed by atoms with E-state index < -0.39 is 9.84 Å². The quantitative estimate of drug-likeness (QED) is 0.417. The lowest BCUT2D eigenvalue weighted by Crippen LogP contribution is -2.36. The third kappa shape index (κ3) is 6.64. The number of halogens is 1. The van der Waals surface area contributed by atoms with Crippen molar-refractivity contribution in [3.63, 3.8) is 0 Å². The summed E-state index contributed by atoms with van der Waals surface area (Å²) < 4.78 is 23.4. The van der Waals surface area contributed by atoms with Crippen molar-refractivity contribution in [1.82, 2.24) is 10.6 Å². The molecule has 1 rings (SSSR count). The van der Waals surface area contributed by atoms with E-state index in [0.717, 1.165) is 24.6 Å². The first-order chi connectivity index (χ1) is 9.53. The van der Waals surface area contributed by atoms with Gasteiger partial charge in [-0.05, 0) is 31.5 Å². The molecule has 1 aromatic rings. The topological polar surface area (TPSA) is 70.6 Å². The van der Waals surface area contributed by atoms with Crippen molar-refractivity contribution in [2.75, 3.05) is 18.8 Å². The molecule has 0 amide bonds. The molecule has 5 nitrogen and oxygen atoms in total. The van der Waals surface area contributed by atoms with Crippen LogP contribution >= 0.6 is 24.0 Å². The van der Waals surface area contributed by atoms with Crippen molar-refractivity contribution < 1.29 is 8.42 Å². The normalized spacial score (nSPS) is 10.4. The van der Waals surface area contributed by atoms with Crippen LogP contribution in [0.3, 0.4) is 0 Å². The SMILES string of the molecule is CCNC(=NCc1ccc(S(=O)(=O)CC)cc1)NCC.I.